The van der Waals surface area contributed by atoms with Gasteiger partial charge in [-0.15, -0.1) is 0 Å². The van der Waals surface area contributed by atoms with Gasteiger partial charge in [-0.3, -0.25) is 9.48 Å². The standard InChI is InChI=1S/C14H24N4O/c1-12-10-13(17(2)16-12)11-15-7-6-14(19)18-8-4-3-5-9-18/h10,15H,3-9,11H2,1-2H3. The van der Waals surface area contributed by atoms with E-state index in [-0.39, 0.29) is 5.91 Å². The minimum absolute atomic E-state index is 0.286. The van der Waals surface area contributed by atoms with Crippen molar-refractivity contribution in [2.75, 3.05) is 19.6 Å². The molecule has 19 heavy (non-hydrogen) atoms. The topological polar surface area (TPSA) is 50.2 Å². The van der Waals surface area contributed by atoms with E-state index in [9.17, 15) is 4.79 Å². The average Bonchev–Trinajstić information content (AvgIpc) is 2.74. The Balaban J connectivity index is 1.66. The summed E-state index contributed by atoms with van der Waals surface area (Å²) < 4.78 is 1.88. The molecule has 1 amide bonds. The van der Waals surface area contributed by atoms with Crippen molar-refractivity contribution in [3.05, 3.63) is 17.5 Å². The molecule has 0 unspecified atom stereocenters. The van der Waals surface area contributed by atoms with E-state index in [1.807, 2.05) is 23.6 Å². The molecule has 1 aliphatic rings. The first kappa shape index (κ1) is 14.1. The Labute approximate surface area is 115 Å². The first-order valence-electron chi connectivity index (χ1n) is 7.15. The van der Waals surface area contributed by atoms with Crippen molar-refractivity contribution in [1.29, 1.82) is 0 Å². The Bertz CT molecular complexity index is 421. The molecule has 2 rings (SSSR count). The van der Waals surface area contributed by atoms with Crippen molar-refractivity contribution in [2.45, 2.75) is 39.2 Å². The number of nitrogens with zero attached hydrogens (tertiary/aromatic N) is 3. The number of nitrogens with one attached hydrogen (secondary N) is 1. The number of hydrogen-bond donors (Lipinski definition) is 1. The molecule has 5 heteroatoms. The summed E-state index contributed by atoms with van der Waals surface area (Å²) in [6.45, 7) is 5.38. The molecule has 1 fully saturated rings. The minimum atomic E-state index is 0.286. The van der Waals surface area contributed by atoms with Crippen LogP contribution in [0.5, 0.6) is 0 Å². The predicted octanol–water partition coefficient (Wildman–Crippen LogP) is 1.22. The Morgan fingerprint density at radius 2 is 2.11 bits per heavy atom. The van der Waals surface area contributed by atoms with E-state index < -0.39 is 0 Å². The second-order valence-electron chi connectivity index (χ2n) is 5.27. The van der Waals surface area contributed by atoms with E-state index in [1.165, 1.54) is 6.42 Å². The third kappa shape index (κ3) is 4.06. The van der Waals surface area contributed by atoms with E-state index in [0.29, 0.717) is 6.42 Å². The predicted molar refractivity (Wildman–Crippen MR) is 74.7 cm³/mol. The fraction of sp³-hybridized carbons (Fsp3) is 0.714. The molecule has 0 bridgehead atoms. The number of amides is 1. The molecule has 0 radical (unpaired) electrons. The number of piperidine rings is 1. The fourth-order valence-corrected chi connectivity index (χ4v) is 2.54. The van der Waals surface area contributed by atoms with Gasteiger partial charge in [-0.2, -0.15) is 5.10 Å². The van der Waals surface area contributed by atoms with Gasteiger partial charge in [-0.05, 0) is 32.3 Å². The molecule has 0 aromatic carbocycles. The summed E-state index contributed by atoms with van der Waals surface area (Å²) in [4.78, 5) is 13.9. The van der Waals surface area contributed by atoms with Crippen LogP contribution in [0, 0.1) is 6.92 Å². The molecule has 1 saturated heterocycles. The second-order valence-corrected chi connectivity index (χ2v) is 5.27. The average molecular weight is 264 g/mol. The first-order chi connectivity index (χ1) is 9.16. The van der Waals surface area contributed by atoms with Crippen LogP contribution >= 0.6 is 0 Å². The summed E-state index contributed by atoms with van der Waals surface area (Å²) in [6, 6.07) is 2.07. The largest absolute Gasteiger partial charge is 0.343 e. The van der Waals surface area contributed by atoms with Gasteiger partial charge in [0, 0.05) is 39.6 Å². The third-order valence-electron chi connectivity index (χ3n) is 3.63. The second kappa shape index (κ2) is 6.70. The Morgan fingerprint density at radius 3 is 2.74 bits per heavy atom. The molecule has 0 saturated carbocycles. The zero-order valence-electron chi connectivity index (χ0n) is 12.0. The smallest absolute Gasteiger partial charge is 0.223 e. The minimum Gasteiger partial charge on any atom is -0.343 e. The third-order valence-corrected chi connectivity index (χ3v) is 3.63. The molecular weight excluding hydrogens is 240 g/mol. The molecule has 0 spiro atoms. The number of aromatic nitrogens is 2. The van der Waals surface area contributed by atoms with Crippen LogP contribution in [-0.2, 0) is 18.4 Å². The van der Waals surface area contributed by atoms with Crippen LogP contribution in [0.15, 0.2) is 6.07 Å². The molecular formula is C14H24N4O. The number of aryl methyl sites for hydroxylation is 2. The Morgan fingerprint density at radius 1 is 1.37 bits per heavy atom. The van der Waals surface area contributed by atoms with Crippen molar-refractivity contribution in [1.82, 2.24) is 20.0 Å². The Kier molecular flexibility index (Phi) is 4.96. The highest BCUT2D eigenvalue weighted by Gasteiger charge is 2.15. The fourth-order valence-electron chi connectivity index (χ4n) is 2.54. The van der Waals surface area contributed by atoms with Crippen molar-refractivity contribution in [3.63, 3.8) is 0 Å². The van der Waals surface area contributed by atoms with Crippen LogP contribution in [-0.4, -0.2) is 40.2 Å². The zero-order chi connectivity index (χ0) is 13.7. The highest BCUT2D eigenvalue weighted by Crippen LogP contribution is 2.09. The van der Waals surface area contributed by atoms with E-state index >= 15 is 0 Å². The summed E-state index contributed by atoms with van der Waals surface area (Å²) in [6.07, 6.45) is 4.18. The van der Waals surface area contributed by atoms with Crippen molar-refractivity contribution >= 4 is 5.91 Å². The molecule has 2 heterocycles. The zero-order valence-corrected chi connectivity index (χ0v) is 12.0. The van der Waals surface area contributed by atoms with E-state index in [0.717, 1.165) is 50.4 Å². The molecule has 5 nitrogen and oxygen atoms in total. The maximum Gasteiger partial charge on any atom is 0.223 e. The van der Waals surface area contributed by atoms with Crippen molar-refractivity contribution < 1.29 is 4.79 Å². The lowest BCUT2D eigenvalue weighted by molar-refractivity contribution is -0.131. The maximum absolute atomic E-state index is 11.9. The van der Waals surface area contributed by atoms with Crippen LogP contribution in [0.3, 0.4) is 0 Å². The lowest BCUT2D eigenvalue weighted by Gasteiger charge is -2.26. The molecule has 1 aliphatic heterocycles. The van der Waals surface area contributed by atoms with Gasteiger partial charge in [0.25, 0.3) is 0 Å². The van der Waals surface area contributed by atoms with Gasteiger partial charge in [-0.25, -0.2) is 0 Å². The molecule has 1 N–H and O–H groups in total. The highest BCUT2D eigenvalue weighted by atomic mass is 16.2. The van der Waals surface area contributed by atoms with Gasteiger partial charge in [0.2, 0.25) is 5.91 Å². The van der Waals surface area contributed by atoms with Crippen LogP contribution in [0.4, 0.5) is 0 Å². The summed E-state index contributed by atoms with van der Waals surface area (Å²) in [5.74, 6) is 0.286. The van der Waals surface area contributed by atoms with Crippen LogP contribution in [0.1, 0.15) is 37.1 Å². The molecule has 106 valence electrons. The normalized spacial score (nSPS) is 15.8. The van der Waals surface area contributed by atoms with E-state index in [4.69, 9.17) is 0 Å². The van der Waals surface area contributed by atoms with Gasteiger partial charge in [0.05, 0.1) is 11.4 Å². The van der Waals surface area contributed by atoms with Gasteiger partial charge in [0.15, 0.2) is 0 Å². The van der Waals surface area contributed by atoms with E-state index in [2.05, 4.69) is 16.5 Å². The maximum atomic E-state index is 11.9. The molecule has 1 aromatic heterocycles. The van der Waals surface area contributed by atoms with Crippen LogP contribution < -0.4 is 5.32 Å². The number of hydrogen-bond acceptors (Lipinski definition) is 3. The van der Waals surface area contributed by atoms with Crippen LogP contribution in [0.25, 0.3) is 0 Å². The number of likely N-dealkylation sites (tertiary alicyclic amines) is 1. The van der Waals surface area contributed by atoms with Gasteiger partial charge < -0.3 is 10.2 Å². The van der Waals surface area contributed by atoms with Gasteiger partial charge >= 0.3 is 0 Å². The van der Waals surface area contributed by atoms with Gasteiger partial charge in [0.1, 0.15) is 0 Å². The number of rotatable bonds is 5. The monoisotopic (exact) mass is 264 g/mol. The van der Waals surface area contributed by atoms with Gasteiger partial charge in [-0.1, -0.05) is 0 Å². The van der Waals surface area contributed by atoms with Crippen molar-refractivity contribution in [2.24, 2.45) is 7.05 Å². The molecule has 0 atom stereocenters. The highest BCUT2D eigenvalue weighted by molar-refractivity contribution is 5.76. The summed E-state index contributed by atoms with van der Waals surface area (Å²) in [5.41, 5.74) is 2.19. The first-order valence-corrected chi connectivity index (χ1v) is 7.15. The number of carbonyl (C=O) groups excluding carboxylic acids is 1. The summed E-state index contributed by atoms with van der Waals surface area (Å²) >= 11 is 0. The lowest BCUT2D eigenvalue weighted by Crippen LogP contribution is -2.37. The summed E-state index contributed by atoms with van der Waals surface area (Å²) in [7, 11) is 1.95. The molecule has 0 aliphatic carbocycles. The van der Waals surface area contributed by atoms with E-state index in [1.54, 1.807) is 0 Å². The van der Waals surface area contributed by atoms with Crippen LogP contribution in [0.2, 0.25) is 0 Å². The SMILES string of the molecule is Cc1cc(CNCCC(=O)N2CCCCC2)n(C)n1. The lowest BCUT2D eigenvalue weighted by atomic mass is 10.1. The Hall–Kier alpha value is -1.36. The number of carbonyl (C=O) groups is 1. The quantitative estimate of drug-likeness (QED) is 0.814. The molecule has 1 aromatic rings. The summed E-state index contributed by atoms with van der Waals surface area (Å²) in [5, 5.41) is 7.62. The van der Waals surface area contributed by atoms with Crippen molar-refractivity contribution in [3.8, 4) is 0 Å².